The van der Waals surface area contributed by atoms with Crippen LogP contribution in [0, 0.1) is 5.92 Å². The van der Waals surface area contributed by atoms with Gasteiger partial charge in [0.15, 0.2) is 0 Å². The number of thiophene rings is 1. The largest absolute Gasteiger partial charge is 0.393 e. The van der Waals surface area contributed by atoms with Crippen molar-refractivity contribution in [2.24, 2.45) is 5.92 Å². The van der Waals surface area contributed by atoms with Gasteiger partial charge < -0.3 is 10.0 Å². The summed E-state index contributed by atoms with van der Waals surface area (Å²) in [7, 11) is 2.06. The first kappa shape index (κ1) is 15.8. The lowest BCUT2D eigenvalue weighted by Crippen LogP contribution is -2.37. The molecular formula is C18H18ClN3OS. The second-order valence-electron chi connectivity index (χ2n) is 6.40. The molecule has 0 bridgehead atoms. The molecule has 2 heterocycles. The first-order valence-corrected chi connectivity index (χ1v) is 9.19. The lowest BCUT2D eigenvalue weighted by atomic mass is 9.82. The molecule has 0 amide bonds. The lowest BCUT2D eigenvalue weighted by Gasteiger charge is -2.34. The van der Waals surface area contributed by atoms with Crippen molar-refractivity contribution < 1.29 is 5.11 Å². The van der Waals surface area contributed by atoms with Gasteiger partial charge in [0, 0.05) is 23.5 Å². The molecule has 1 aliphatic carbocycles. The molecule has 0 spiro atoms. The van der Waals surface area contributed by atoms with E-state index in [0.29, 0.717) is 5.92 Å². The summed E-state index contributed by atoms with van der Waals surface area (Å²) in [4.78, 5) is 12.3. The molecule has 0 aliphatic heterocycles. The molecule has 0 unspecified atom stereocenters. The van der Waals surface area contributed by atoms with Crippen molar-refractivity contribution in [2.75, 3.05) is 18.5 Å². The maximum absolute atomic E-state index is 9.47. The molecule has 1 aliphatic rings. The highest BCUT2D eigenvalue weighted by atomic mass is 35.5. The number of hydrogen-bond donors (Lipinski definition) is 1. The van der Waals surface area contributed by atoms with Gasteiger partial charge in [-0.1, -0.05) is 23.7 Å². The Morgan fingerprint density at radius 1 is 1.25 bits per heavy atom. The average Bonchev–Trinajstić information content (AvgIpc) is 2.98. The van der Waals surface area contributed by atoms with Crippen molar-refractivity contribution in [3.8, 4) is 10.4 Å². The number of rotatable bonds is 4. The molecule has 0 saturated heterocycles. The van der Waals surface area contributed by atoms with E-state index < -0.39 is 0 Å². The number of aromatic nitrogens is 2. The normalized spacial score (nSPS) is 20.1. The molecule has 4 rings (SSSR count). The van der Waals surface area contributed by atoms with Crippen molar-refractivity contribution in [3.05, 3.63) is 41.7 Å². The number of anilines is 1. The van der Waals surface area contributed by atoms with Crippen molar-refractivity contribution in [1.82, 2.24) is 9.97 Å². The van der Waals surface area contributed by atoms with Gasteiger partial charge in [-0.05, 0) is 42.5 Å². The zero-order valence-corrected chi connectivity index (χ0v) is 14.9. The summed E-state index contributed by atoms with van der Waals surface area (Å²) in [5, 5.41) is 10.2. The third-order valence-corrected chi connectivity index (χ3v) is 5.95. The maximum Gasteiger partial charge on any atom is 0.149 e. The number of fused-ring (bicyclic) bond motifs is 1. The number of halogens is 1. The SMILES string of the molecule is CN(CC1CC(O)C1)c1ncnc2cc(-c3ccc(Cl)cc3)sc12. The fourth-order valence-corrected chi connectivity index (χ4v) is 4.48. The number of aliphatic hydroxyl groups excluding tert-OH is 1. The van der Waals surface area contributed by atoms with Crippen molar-refractivity contribution in [1.29, 1.82) is 0 Å². The zero-order chi connectivity index (χ0) is 16.7. The number of aliphatic hydroxyl groups is 1. The minimum atomic E-state index is -0.118. The highest BCUT2D eigenvalue weighted by Crippen LogP contribution is 2.37. The average molecular weight is 360 g/mol. The number of nitrogens with zero attached hydrogens (tertiary/aromatic N) is 3. The number of hydrogen-bond acceptors (Lipinski definition) is 5. The first-order chi connectivity index (χ1) is 11.6. The maximum atomic E-state index is 9.47. The van der Waals surface area contributed by atoms with Gasteiger partial charge in [-0.3, -0.25) is 0 Å². The number of benzene rings is 1. The highest BCUT2D eigenvalue weighted by Gasteiger charge is 2.28. The molecule has 1 saturated carbocycles. The predicted molar refractivity (Wildman–Crippen MR) is 99.9 cm³/mol. The summed E-state index contributed by atoms with van der Waals surface area (Å²) >= 11 is 7.68. The molecule has 0 atom stereocenters. The third-order valence-electron chi connectivity index (χ3n) is 4.53. The minimum Gasteiger partial charge on any atom is -0.393 e. The monoisotopic (exact) mass is 359 g/mol. The Hall–Kier alpha value is -1.69. The van der Waals surface area contributed by atoms with E-state index in [9.17, 15) is 5.11 Å². The van der Waals surface area contributed by atoms with Gasteiger partial charge in [-0.15, -0.1) is 11.3 Å². The van der Waals surface area contributed by atoms with Crippen LogP contribution in [-0.2, 0) is 0 Å². The highest BCUT2D eigenvalue weighted by molar-refractivity contribution is 7.22. The molecule has 1 aromatic carbocycles. The molecule has 3 aromatic rings. The van der Waals surface area contributed by atoms with Gasteiger partial charge in [0.05, 0.1) is 16.3 Å². The van der Waals surface area contributed by atoms with Gasteiger partial charge in [-0.2, -0.15) is 0 Å². The molecule has 4 nitrogen and oxygen atoms in total. The van der Waals surface area contributed by atoms with Crippen LogP contribution < -0.4 is 4.90 Å². The van der Waals surface area contributed by atoms with Gasteiger partial charge in [0.2, 0.25) is 0 Å². The Morgan fingerprint density at radius 2 is 2.00 bits per heavy atom. The molecule has 124 valence electrons. The Labute approximate surface area is 149 Å². The Morgan fingerprint density at radius 3 is 2.71 bits per heavy atom. The van der Waals surface area contributed by atoms with Crippen LogP contribution in [0.1, 0.15) is 12.8 Å². The van der Waals surface area contributed by atoms with E-state index in [4.69, 9.17) is 11.6 Å². The fraction of sp³-hybridized carbons (Fsp3) is 0.333. The summed E-state index contributed by atoms with van der Waals surface area (Å²) in [5.74, 6) is 1.51. The van der Waals surface area contributed by atoms with Crippen LogP contribution in [0.4, 0.5) is 5.82 Å². The Kier molecular flexibility index (Phi) is 4.16. The smallest absolute Gasteiger partial charge is 0.149 e. The fourth-order valence-electron chi connectivity index (χ4n) is 3.19. The van der Waals surface area contributed by atoms with Gasteiger partial charge >= 0.3 is 0 Å². The molecule has 1 N–H and O–H groups in total. The van der Waals surface area contributed by atoms with Crippen LogP contribution in [-0.4, -0.2) is 34.8 Å². The van der Waals surface area contributed by atoms with E-state index in [1.807, 2.05) is 24.3 Å². The molecule has 0 radical (unpaired) electrons. The Balaban J connectivity index is 1.65. The van der Waals surface area contributed by atoms with E-state index in [0.717, 1.165) is 50.9 Å². The first-order valence-electron chi connectivity index (χ1n) is 8.00. The van der Waals surface area contributed by atoms with Crippen molar-refractivity contribution in [2.45, 2.75) is 18.9 Å². The van der Waals surface area contributed by atoms with Crippen LogP contribution in [0.15, 0.2) is 36.7 Å². The van der Waals surface area contributed by atoms with Crippen LogP contribution >= 0.6 is 22.9 Å². The van der Waals surface area contributed by atoms with Crippen molar-refractivity contribution >= 4 is 39.0 Å². The quantitative estimate of drug-likeness (QED) is 0.757. The van der Waals surface area contributed by atoms with E-state index in [1.165, 1.54) is 0 Å². The van der Waals surface area contributed by atoms with E-state index in [2.05, 4.69) is 28.0 Å². The second-order valence-corrected chi connectivity index (χ2v) is 7.89. The van der Waals surface area contributed by atoms with E-state index in [-0.39, 0.29) is 6.10 Å². The Bertz CT molecular complexity index is 858. The van der Waals surface area contributed by atoms with Gasteiger partial charge in [0.25, 0.3) is 0 Å². The standard InChI is InChI=1S/C18H18ClN3OS/c1-22(9-11-6-14(23)7-11)18-17-15(20-10-21-18)8-16(24-17)12-2-4-13(19)5-3-12/h2-5,8,10-11,14,23H,6-7,9H2,1H3. The van der Waals surface area contributed by atoms with Gasteiger partial charge in [0.1, 0.15) is 12.1 Å². The summed E-state index contributed by atoms with van der Waals surface area (Å²) in [6.45, 7) is 0.914. The summed E-state index contributed by atoms with van der Waals surface area (Å²) < 4.78 is 1.10. The summed E-state index contributed by atoms with van der Waals surface area (Å²) in [6, 6.07) is 9.97. The summed E-state index contributed by atoms with van der Waals surface area (Å²) in [6.07, 6.45) is 3.28. The molecular weight excluding hydrogens is 342 g/mol. The predicted octanol–water partition coefficient (Wildman–Crippen LogP) is 4.22. The minimum absolute atomic E-state index is 0.118. The summed E-state index contributed by atoms with van der Waals surface area (Å²) in [5.41, 5.74) is 2.11. The topological polar surface area (TPSA) is 49.2 Å². The molecule has 24 heavy (non-hydrogen) atoms. The zero-order valence-electron chi connectivity index (χ0n) is 13.3. The van der Waals surface area contributed by atoms with Crippen LogP contribution in [0.3, 0.4) is 0 Å². The van der Waals surface area contributed by atoms with E-state index >= 15 is 0 Å². The molecule has 2 aromatic heterocycles. The van der Waals surface area contributed by atoms with Gasteiger partial charge in [-0.25, -0.2) is 9.97 Å². The molecule has 6 heteroatoms. The van der Waals surface area contributed by atoms with Crippen molar-refractivity contribution in [3.63, 3.8) is 0 Å². The van der Waals surface area contributed by atoms with Crippen LogP contribution in [0.5, 0.6) is 0 Å². The van der Waals surface area contributed by atoms with Crippen LogP contribution in [0.2, 0.25) is 5.02 Å². The van der Waals surface area contributed by atoms with E-state index in [1.54, 1.807) is 17.7 Å². The second kappa shape index (κ2) is 6.31. The lowest BCUT2D eigenvalue weighted by molar-refractivity contribution is 0.0464. The molecule has 1 fully saturated rings. The third kappa shape index (κ3) is 2.99. The van der Waals surface area contributed by atoms with Crippen LogP contribution in [0.25, 0.3) is 20.7 Å².